The van der Waals surface area contributed by atoms with Gasteiger partial charge in [0.05, 0.1) is 13.2 Å². The maximum atomic E-state index is 5.95. The first kappa shape index (κ1) is 13.5. The Morgan fingerprint density at radius 3 is 2.67 bits per heavy atom. The van der Waals surface area contributed by atoms with Crippen LogP contribution in [0.5, 0.6) is 0 Å². The predicted octanol–water partition coefficient (Wildman–Crippen LogP) is 1.37. The fraction of sp³-hybridized carbons (Fsp3) is 0.688. The van der Waals surface area contributed by atoms with Gasteiger partial charge in [-0.15, -0.1) is 0 Å². The Morgan fingerprint density at radius 2 is 1.95 bits per heavy atom. The molecule has 3 aliphatic rings. The SMILES string of the molecule is NCc1cc2c(nc1N1CCC3(CC1)OCCO3)CCC2. The number of piperidine rings is 1. The molecule has 5 nitrogen and oxygen atoms in total. The molecule has 0 amide bonds. The van der Waals surface area contributed by atoms with Crippen LogP contribution in [0.15, 0.2) is 6.07 Å². The van der Waals surface area contributed by atoms with E-state index in [1.165, 1.54) is 23.2 Å². The smallest absolute Gasteiger partial charge is 0.171 e. The number of nitrogens with zero attached hydrogens (tertiary/aromatic N) is 2. The van der Waals surface area contributed by atoms with Crippen molar-refractivity contribution in [1.82, 2.24) is 4.98 Å². The Kier molecular flexibility index (Phi) is 3.36. The van der Waals surface area contributed by atoms with Crippen LogP contribution in [0.4, 0.5) is 5.82 Å². The van der Waals surface area contributed by atoms with Gasteiger partial charge in [-0.05, 0) is 30.9 Å². The number of aromatic nitrogens is 1. The molecule has 21 heavy (non-hydrogen) atoms. The lowest BCUT2D eigenvalue weighted by atomic mass is 10.0. The summed E-state index contributed by atoms with van der Waals surface area (Å²) >= 11 is 0. The van der Waals surface area contributed by atoms with Crippen molar-refractivity contribution in [3.05, 3.63) is 22.9 Å². The van der Waals surface area contributed by atoms with Crippen LogP contribution in [-0.2, 0) is 28.9 Å². The highest BCUT2D eigenvalue weighted by atomic mass is 16.7. The standard InChI is InChI=1S/C16H23N3O2/c17-11-13-10-12-2-1-3-14(12)18-15(13)19-6-4-16(5-7-19)20-8-9-21-16/h10H,1-9,11,17H2. The Labute approximate surface area is 125 Å². The van der Waals surface area contributed by atoms with E-state index in [1.54, 1.807) is 0 Å². The first-order valence-corrected chi connectivity index (χ1v) is 8.04. The van der Waals surface area contributed by atoms with Gasteiger partial charge >= 0.3 is 0 Å². The summed E-state index contributed by atoms with van der Waals surface area (Å²) in [5.41, 5.74) is 9.80. The second-order valence-electron chi connectivity index (χ2n) is 6.23. The largest absolute Gasteiger partial charge is 0.356 e. The minimum Gasteiger partial charge on any atom is -0.356 e. The molecule has 114 valence electrons. The van der Waals surface area contributed by atoms with E-state index >= 15 is 0 Å². The fourth-order valence-corrected chi connectivity index (χ4v) is 3.78. The van der Waals surface area contributed by atoms with E-state index in [4.69, 9.17) is 20.2 Å². The zero-order valence-corrected chi connectivity index (χ0v) is 12.4. The molecule has 2 N–H and O–H groups in total. The van der Waals surface area contributed by atoms with Gasteiger partial charge in [0, 0.05) is 43.7 Å². The molecular formula is C16H23N3O2. The molecule has 0 radical (unpaired) electrons. The molecule has 1 spiro atoms. The van der Waals surface area contributed by atoms with Gasteiger partial charge in [0.2, 0.25) is 0 Å². The van der Waals surface area contributed by atoms with E-state index in [2.05, 4.69) is 11.0 Å². The summed E-state index contributed by atoms with van der Waals surface area (Å²) < 4.78 is 11.6. The Bertz CT molecular complexity index is 531. The topological polar surface area (TPSA) is 60.6 Å². The maximum absolute atomic E-state index is 5.95. The number of rotatable bonds is 2. The lowest BCUT2D eigenvalue weighted by Gasteiger charge is -2.38. The molecule has 1 aromatic heterocycles. The molecule has 3 heterocycles. The summed E-state index contributed by atoms with van der Waals surface area (Å²) in [6.07, 6.45) is 5.31. The highest BCUT2D eigenvalue weighted by Crippen LogP contribution is 2.34. The van der Waals surface area contributed by atoms with E-state index < -0.39 is 0 Å². The van der Waals surface area contributed by atoms with E-state index in [1.807, 2.05) is 0 Å². The number of anilines is 1. The van der Waals surface area contributed by atoms with Gasteiger partial charge in [-0.3, -0.25) is 0 Å². The van der Waals surface area contributed by atoms with Gasteiger partial charge in [0.25, 0.3) is 0 Å². The van der Waals surface area contributed by atoms with Crippen LogP contribution in [0, 0.1) is 0 Å². The summed E-state index contributed by atoms with van der Waals surface area (Å²) in [6, 6.07) is 2.28. The Hall–Kier alpha value is -1.17. The van der Waals surface area contributed by atoms with Gasteiger partial charge < -0.3 is 20.1 Å². The molecule has 0 aromatic carbocycles. The molecule has 0 unspecified atom stereocenters. The normalized spacial score (nSPS) is 23.8. The first-order chi connectivity index (χ1) is 10.3. The van der Waals surface area contributed by atoms with Crippen molar-refractivity contribution in [2.75, 3.05) is 31.2 Å². The van der Waals surface area contributed by atoms with Crippen LogP contribution in [0.25, 0.3) is 0 Å². The molecule has 2 saturated heterocycles. The molecule has 1 aromatic rings. The van der Waals surface area contributed by atoms with Crippen LogP contribution in [0.2, 0.25) is 0 Å². The van der Waals surface area contributed by atoms with Gasteiger partial charge in [-0.2, -0.15) is 0 Å². The summed E-state index contributed by atoms with van der Waals surface area (Å²) in [5, 5.41) is 0. The molecule has 2 aliphatic heterocycles. The number of pyridine rings is 1. The average Bonchev–Trinajstić information content (AvgIpc) is 3.16. The summed E-state index contributed by atoms with van der Waals surface area (Å²) in [6.45, 7) is 3.87. The molecule has 0 atom stereocenters. The highest BCUT2D eigenvalue weighted by Gasteiger charge is 2.40. The highest BCUT2D eigenvalue weighted by molar-refractivity contribution is 5.51. The number of nitrogens with two attached hydrogens (primary N) is 1. The second kappa shape index (κ2) is 5.23. The third-order valence-electron chi connectivity index (χ3n) is 4.97. The van der Waals surface area contributed by atoms with E-state index in [9.17, 15) is 0 Å². The Morgan fingerprint density at radius 1 is 1.19 bits per heavy atom. The van der Waals surface area contributed by atoms with Crippen LogP contribution in [0.1, 0.15) is 36.1 Å². The molecule has 0 saturated carbocycles. The van der Waals surface area contributed by atoms with Crippen molar-refractivity contribution in [3.8, 4) is 0 Å². The van der Waals surface area contributed by atoms with Crippen LogP contribution in [-0.4, -0.2) is 37.1 Å². The summed E-state index contributed by atoms with van der Waals surface area (Å²) in [7, 11) is 0. The number of hydrogen-bond donors (Lipinski definition) is 1. The van der Waals surface area contributed by atoms with Crippen LogP contribution >= 0.6 is 0 Å². The van der Waals surface area contributed by atoms with E-state index in [0.717, 1.165) is 57.8 Å². The van der Waals surface area contributed by atoms with Crippen molar-refractivity contribution in [3.63, 3.8) is 0 Å². The minimum absolute atomic E-state index is 0.323. The molecule has 5 heteroatoms. The van der Waals surface area contributed by atoms with Crippen molar-refractivity contribution >= 4 is 5.82 Å². The lowest BCUT2D eigenvalue weighted by Crippen LogP contribution is -2.45. The van der Waals surface area contributed by atoms with Crippen molar-refractivity contribution < 1.29 is 9.47 Å². The average molecular weight is 289 g/mol. The maximum Gasteiger partial charge on any atom is 0.171 e. The zero-order chi connectivity index (χ0) is 14.3. The van der Waals surface area contributed by atoms with Gasteiger partial charge in [-0.1, -0.05) is 0 Å². The minimum atomic E-state index is -0.323. The third-order valence-corrected chi connectivity index (χ3v) is 4.97. The fourth-order valence-electron chi connectivity index (χ4n) is 3.78. The molecule has 2 fully saturated rings. The summed E-state index contributed by atoms with van der Waals surface area (Å²) in [4.78, 5) is 7.29. The first-order valence-electron chi connectivity index (χ1n) is 8.04. The quantitative estimate of drug-likeness (QED) is 0.891. The van der Waals surface area contributed by atoms with Crippen molar-refractivity contribution in [2.45, 2.75) is 44.4 Å². The van der Waals surface area contributed by atoms with Gasteiger partial charge in [0.15, 0.2) is 5.79 Å². The second-order valence-corrected chi connectivity index (χ2v) is 6.23. The van der Waals surface area contributed by atoms with Crippen molar-refractivity contribution in [1.29, 1.82) is 0 Å². The molecule has 0 bridgehead atoms. The third kappa shape index (κ3) is 2.33. The van der Waals surface area contributed by atoms with Crippen molar-refractivity contribution in [2.24, 2.45) is 5.73 Å². The number of ether oxygens (including phenoxy) is 2. The molecule has 4 rings (SSSR count). The predicted molar refractivity (Wildman–Crippen MR) is 80.2 cm³/mol. The lowest BCUT2D eigenvalue weighted by molar-refractivity contribution is -0.169. The monoisotopic (exact) mass is 289 g/mol. The molecule has 1 aliphatic carbocycles. The number of fused-ring (bicyclic) bond motifs is 1. The molecular weight excluding hydrogens is 266 g/mol. The van der Waals surface area contributed by atoms with Gasteiger partial charge in [-0.25, -0.2) is 4.98 Å². The number of aryl methyl sites for hydroxylation is 2. The van der Waals surface area contributed by atoms with Crippen LogP contribution in [0.3, 0.4) is 0 Å². The van der Waals surface area contributed by atoms with Gasteiger partial charge in [0.1, 0.15) is 5.82 Å². The Balaban J connectivity index is 1.56. The van der Waals surface area contributed by atoms with E-state index in [-0.39, 0.29) is 5.79 Å². The van der Waals surface area contributed by atoms with E-state index in [0.29, 0.717) is 6.54 Å². The van der Waals surface area contributed by atoms with Crippen LogP contribution < -0.4 is 10.6 Å². The zero-order valence-electron chi connectivity index (χ0n) is 12.4. The number of hydrogen-bond acceptors (Lipinski definition) is 5. The summed E-state index contributed by atoms with van der Waals surface area (Å²) in [5.74, 6) is 0.766.